The number of anilines is 1. The lowest BCUT2D eigenvalue weighted by molar-refractivity contribution is -0.131. The molecule has 1 atom stereocenters. The Morgan fingerprint density at radius 1 is 0.947 bits per heavy atom. The van der Waals surface area contributed by atoms with Gasteiger partial charge in [0.05, 0.1) is 24.5 Å². The van der Waals surface area contributed by atoms with Gasteiger partial charge in [-0.25, -0.2) is 14.8 Å². The van der Waals surface area contributed by atoms with E-state index in [2.05, 4.69) is 40.6 Å². The number of aromatic nitrogens is 4. The van der Waals surface area contributed by atoms with E-state index >= 15 is 0 Å². The van der Waals surface area contributed by atoms with Crippen molar-refractivity contribution < 1.29 is 9.59 Å². The molecule has 4 aromatic rings. The van der Waals surface area contributed by atoms with Crippen molar-refractivity contribution in [2.45, 2.75) is 38.4 Å². The van der Waals surface area contributed by atoms with Crippen LogP contribution in [0.3, 0.4) is 0 Å². The summed E-state index contributed by atoms with van der Waals surface area (Å²) in [5, 5.41) is 5.71. The summed E-state index contributed by atoms with van der Waals surface area (Å²) in [7, 11) is 0. The van der Waals surface area contributed by atoms with Crippen LogP contribution in [0.4, 0.5) is 10.7 Å². The second-order valence-corrected chi connectivity index (χ2v) is 10.3. The van der Waals surface area contributed by atoms with Gasteiger partial charge in [0.1, 0.15) is 11.6 Å². The lowest BCUT2D eigenvalue weighted by Gasteiger charge is -2.18. The zero-order valence-electron chi connectivity index (χ0n) is 20.9. The van der Waals surface area contributed by atoms with Crippen LogP contribution < -0.4 is 11.1 Å². The minimum atomic E-state index is -0.474. The molecule has 10 heteroatoms. The molecule has 3 N–H and O–H groups in total. The molecule has 4 heterocycles. The Bertz CT molecular complexity index is 1580. The molecule has 3 amide bonds. The lowest BCUT2D eigenvalue weighted by atomic mass is 10.1. The Hall–Kier alpha value is -4.47. The topological polar surface area (TPSA) is 122 Å². The molecule has 2 aromatic heterocycles. The monoisotopic (exact) mass is 508 g/mol. The number of fused-ring (bicyclic) bond motifs is 2. The summed E-state index contributed by atoms with van der Waals surface area (Å²) in [5.74, 6) is 2.43. The molecular weight excluding hydrogens is 480 g/mol. The quantitative estimate of drug-likeness (QED) is 0.427. The molecule has 1 aliphatic carbocycles. The number of benzene rings is 2. The number of hydrogen-bond acceptors (Lipinski definition) is 6. The average Bonchev–Trinajstić information content (AvgIpc) is 3.36. The van der Waals surface area contributed by atoms with Gasteiger partial charge in [-0.1, -0.05) is 36.4 Å². The molecule has 2 fully saturated rings. The smallest absolute Gasteiger partial charge is 0.315 e. The largest absolute Gasteiger partial charge is 0.351 e. The second-order valence-electron chi connectivity index (χ2n) is 10.3. The third kappa shape index (κ3) is 4.02. The van der Waals surface area contributed by atoms with E-state index in [1.54, 1.807) is 11.1 Å². The van der Waals surface area contributed by atoms with E-state index in [0.717, 1.165) is 59.4 Å². The van der Waals surface area contributed by atoms with Crippen molar-refractivity contribution in [2.75, 3.05) is 18.4 Å². The number of amides is 3. The highest BCUT2D eigenvalue weighted by molar-refractivity contribution is 5.86. The number of primary amides is 1. The third-order valence-corrected chi connectivity index (χ3v) is 7.69. The number of nitrogens with one attached hydrogen (secondary N) is 1. The molecule has 2 aliphatic heterocycles. The summed E-state index contributed by atoms with van der Waals surface area (Å²) in [6.45, 7) is 2.15. The van der Waals surface area contributed by atoms with Gasteiger partial charge in [0.25, 0.3) is 0 Å². The summed E-state index contributed by atoms with van der Waals surface area (Å²) in [6.07, 6.45) is 4.62. The van der Waals surface area contributed by atoms with Gasteiger partial charge in [-0.05, 0) is 42.2 Å². The molecule has 10 nitrogen and oxygen atoms in total. The Kier molecular flexibility index (Phi) is 5.27. The van der Waals surface area contributed by atoms with Crippen LogP contribution in [0.25, 0.3) is 28.0 Å². The Labute approximate surface area is 219 Å². The minimum Gasteiger partial charge on any atom is -0.351 e. The highest BCUT2D eigenvalue weighted by atomic mass is 16.2. The van der Waals surface area contributed by atoms with Crippen LogP contribution in [0.15, 0.2) is 54.7 Å². The van der Waals surface area contributed by atoms with Crippen LogP contribution >= 0.6 is 0 Å². The molecular formula is C28H28N8O2. The fraction of sp³-hybridized carbons (Fsp3) is 0.321. The Morgan fingerprint density at radius 2 is 1.79 bits per heavy atom. The SMILES string of the molecule is NC(=O)N1Cc2nc(-c3ccc4ccccc4c3)n(-c3ccnc(N[C@H]4CCN(C(=O)C5CC5)C4)n3)c2C1. The molecule has 0 unspecified atom stereocenters. The summed E-state index contributed by atoms with van der Waals surface area (Å²) in [6, 6.07) is 16.0. The van der Waals surface area contributed by atoms with Gasteiger partial charge in [0.2, 0.25) is 11.9 Å². The second kappa shape index (κ2) is 8.83. The summed E-state index contributed by atoms with van der Waals surface area (Å²) in [5.41, 5.74) is 8.25. The molecule has 192 valence electrons. The first-order valence-electron chi connectivity index (χ1n) is 13.1. The Morgan fingerprint density at radius 3 is 2.61 bits per heavy atom. The van der Waals surface area contributed by atoms with E-state index in [9.17, 15) is 9.59 Å². The van der Waals surface area contributed by atoms with Crippen molar-refractivity contribution in [1.29, 1.82) is 0 Å². The first kappa shape index (κ1) is 22.7. The predicted octanol–water partition coefficient (Wildman–Crippen LogP) is 3.30. The third-order valence-electron chi connectivity index (χ3n) is 7.69. The van der Waals surface area contributed by atoms with Crippen molar-refractivity contribution in [3.63, 3.8) is 0 Å². The molecule has 0 bridgehead atoms. The number of imidazole rings is 1. The van der Waals surface area contributed by atoms with Gasteiger partial charge < -0.3 is 20.9 Å². The van der Waals surface area contributed by atoms with Crippen LogP contribution in [0.1, 0.15) is 30.7 Å². The first-order valence-corrected chi connectivity index (χ1v) is 13.1. The highest BCUT2D eigenvalue weighted by Crippen LogP contribution is 2.34. The zero-order valence-corrected chi connectivity index (χ0v) is 20.9. The Balaban J connectivity index is 1.23. The van der Waals surface area contributed by atoms with E-state index < -0.39 is 6.03 Å². The predicted molar refractivity (Wildman–Crippen MR) is 142 cm³/mol. The van der Waals surface area contributed by atoms with Gasteiger partial charge in [-0.15, -0.1) is 0 Å². The maximum atomic E-state index is 12.5. The molecule has 0 radical (unpaired) electrons. The zero-order chi connectivity index (χ0) is 25.8. The molecule has 1 saturated heterocycles. The van der Waals surface area contributed by atoms with Crippen molar-refractivity contribution >= 4 is 28.7 Å². The van der Waals surface area contributed by atoms with Crippen molar-refractivity contribution in [1.82, 2.24) is 29.3 Å². The van der Waals surface area contributed by atoms with Gasteiger partial charge in [0, 0.05) is 36.8 Å². The summed E-state index contributed by atoms with van der Waals surface area (Å²) in [4.78, 5) is 42.2. The molecule has 2 aromatic carbocycles. The van der Waals surface area contributed by atoms with E-state index in [1.807, 2.05) is 27.7 Å². The number of carbonyl (C=O) groups is 2. The molecule has 38 heavy (non-hydrogen) atoms. The van der Waals surface area contributed by atoms with Gasteiger partial charge >= 0.3 is 6.03 Å². The lowest BCUT2D eigenvalue weighted by Crippen LogP contribution is -2.32. The van der Waals surface area contributed by atoms with Gasteiger partial charge in [0.15, 0.2) is 0 Å². The average molecular weight is 509 g/mol. The standard InChI is InChI=1S/C28H28N8O2/c29-27(38)35-15-22-23(16-35)36(25(32-22)20-8-5-17-3-1-2-4-19(17)13-20)24-9-11-30-28(33-24)31-21-10-12-34(14-21)26(37)18-6-7-18/h1-5,8-9,11,13,18,21H,6-7,10,12,14-16H2,(H2,29,38)(H,30,31,33)/t21-/m0/s1. The fourth-order valence-electron chi connectivity index (χ4n) is 5.52. The van der Waals surface area contributed by atoms with E-state index in [0.29, 0.717) is 31.4 Å². The van der Waals surface area contributed by atoms with Crippen LogP contribution in [0, 0.1) is 5.92 Å². The number of nitrogens with zero attached hydrogens (tertiary/aromatic N) is 6. The van der Waals surface area contributed by atoms with Gasteiger partial charge in [-0.2, -0.15) is 4.98 Å². The number of likely N-dealkylation sites (tertiary alicyclic amines) is 1. The van der Waals surface area contributed by atoms with Crippen LogP contribution in [-0.4, -0.2) is 60.4 Å². The molecule has 3 aliphatic rings. The van der Waals surface area contributed by atoms with Crippen molar-refractivity contribution in [2.24, 2.45) is 11.7 Å². The van der Waals surface area contributed by atoms with Crippen molar-refractivity contribution in [3.8, 4) is 17.2 Å². The van der Waals surface area contributed by atoms with E-state index in [4.69, 9.17) is 15.7 Å². The number of nitrogens with two attached hydrogens (primary N) is 1. The minimum absolute atomic E-state index is 0.103. The molecule has 7 rings (SSSR count). The maximum absolute atomic E-state index is 12.5. The number of rotatable bonds is 5. The first-order chi connectivity index (χ1) is 18.5. The number of carbonyl (C=O) groups excluding carboxylic acids is 2. The summed E-state index contributed by atoms with van der Waals surface area (Å²) < 4.78 is 2.01. The summed E-state index contributed by atoms with van der Waals surface area (Å²) >= 11 is 0. The number of hydrogen-bond donors (Lipinski definition) is 2. The van der Waals surface area contributed by atoms with Crippen LogP contribution in [0.5, 0.6) is 0 Å². The van der Waals surface area contributed by atoms with Crippen LogP contribution in [0.2, 0.25) is 0 Å². The molecule has 1 saturated carbocycles. The fourth-order valence-corrected chi connectivity index (χ4v) is 5.52. The maximum Gasteiger partial charge on any atom is 0.315 e. The van der Waals surface area contributed by atoms with E-state index in [1.165, 1.54) is 0 Å². The highest BCUT2D eigenvalue weighted by Gasteiger charge is 2.37. The number of urea groups is 1. The van der Waals surface area contributed by atoms with Crippen LogP contribution in [-0.2, 0) is 17.9 Å². The van der Waals surface area contributed by atoms with Crippen molar-refractivity contribution in [3.05, 3.63) is 66.1 Å². The normalized spacial score (nSPS) is 18.7. The van der Waals surface area contributed by atoms with E-state index in [-0.39, 0.29) is 17.9 Å². The van der Waals surface area contributed by atoms with Gasteiger partial charge in [-0.3, -0.25) is 9.36 Å². The molecule has 0 spiro atoms.